The van der Waals surface area contributed by atoms with E-state index in [0.717, 1.165) is 7.27 Å². The first-order chi connectivity index (χ1) is 5.66. The van der Waals surface area contributed by atoms with Crippen LogP contribution in [0.25, 0.3) is 0 Å². The molecule has 1 rings (SSSR count). The van der Waals surface area contributed by atoms with Crippen LogP contribution in [0.2, 0.25) is 0 Å². The summed E-state index contributed by atoms with van der Waals surface area (Å²) >= 11 is 4.12. The van der Waals surface area contributed by atoms with Crippen LogP contribution in [-0.4, -0.2) is 10.9 Å². The maximum Gasteiger partial charge on any atom is 0.266 e. The molecule has 0 atom stereocenters. The summed E-state index contributed by atoms with van der Waals surface area (Å²) < 4.78 is 1.62. The van der Waals surface area contributed by atoms with E-state index in [4.69, 9.17) is 5.84 Å². The molecule has 0 aliphatic heterocycles. The number of nitrogens with two attached hydrogens (primary N) is 1. The van der Waals surface area contributed by atoms with Crippen LogP contribution in [0.3, 0.4) is 0 Å². The van der Waals surface area contributed by atoms with Gasteiger partial charge in [-0.1, -0.05) is 0 Å². The van der Waals surface area contributed by atoms with Crippen molar-refractivity contribution in [1.82, 2.24) is 10.4 Å². The first kappa shape index (κ1) is 10.1. The van der Waals surface area contributed by atoms with E-state index in [-0.39, 0.29) is 5.91 Å². The second-order valence-electron chi connectivity index (χ2n) is 1.94. The molecule has 0 spiro atoms. The Labute approximate surface area is 96.6 Å². The smallest absolute Gasteiger partial charge is 0.266 e. The lowest BCUT2D eigenvalue weighted by Crippen LogP contribution is -2.30. The van der Waals surface area contributed by atoms with Gasteiger partial charge in [0.2, 0.25) is 0 Å². The highest BCUT2D eigenvalue weighted by atomic mass is 127. The number of halogens is 2. The SMILES string of the molecule is NNC(=O)c1ccnc(I)c1I. The number of rotatable bonds is 1. The minimum atomic E-state index is -0.292. The number of carbonyl (C=O) groups is 1. The molecule has 64 valence electrons. The number of pyridine rings is 1. The zero-order valence-electron chi connectivity index (χ0n) is 5.84. The number of hydrazine groups is 1. The van der Waals surface area contributed by atoms with Gasteiger partial charge in [0.15, 0.2) is 0 Å². The fourth-order valence-corrected chi connectivity index (χ4v) is 1.69. The fraction of sp³-hybridized carbons (Fsp3) is 0. The van der Waals surface area contributed by atoms with Gasteiger partial charge in [0.05, 0.1) is 9.13 Å². The van der Waals surface area contributed by atoms with Crippen molar-refractivity contribution in [3.05, 3.63) is 25.1 Å². The summed E-state index contributed by atoms with van der Waals surface area (Å²) in [5.41, 5.74) is 2.63. The maximum atomic E-state index is 11.1. The zero-order chi connectivity index (χ0) is 9.14. The Morgan fingerprint density at radius 3 is 2.83 bits per heavy atom. The fourth-order valence-electron chi connectivity index (χ4n) is 0.671. The third kappa shape index (κ3) is 2.04. The summed E-state index contributed by atoms with van der Waals surface area (Å²) in [6.45, 7) is 0. The van der Waals surface area contributed by atoms with Crippen molar-refractivity contribution < 1.29 is 4.79 Å². The average Bonchev–Trinajstić information content (AvgIpc) is 2.08. The van der Waals surface area contributed by atoms with Crippen molar-refractivity contribution >= 4 is 51.1 Å². The predicted octanol–water partition coefficient (Wildman–Crippen LogP) is 0.894. The molecule has 4 nitrogen and oxygen atoms in total. The summed E-state index contributed by atoms with van der Waals surface area (Å²) in [7, 11) is 0. The lowest BCUT2D eigenvalue weighted by Gasteiger charge is -2.02. The molecule has 0 aliphatic rings. The molecule has 1 heterocycles. The molecule has 0 bridgehead atoms. The van der Waals surface area contributed by atoms with Crippen LogP contribution in [0, 0.1) is 7.27 Å². The molecule has 0 saturated carbocycles. The van der Waals surface area contributed by atoms with Gasteiger partial charge in [0.1, 0.15) is 3.70 Å². The molecule has 1 amide bonds. The van der Waals surface area contributed by atoms with Crippen molar-refractivity contribution in [3.8, 4) is 0 Å². The van der Waals surface area contributed by atoms with Crippen LogP contribution in [0.1, 0.15) is 10.4 Å². The van der Waals surface area contributed by atoms with Gasteiger partial charge in [-0.2, -0.15) is 0 Å². The van der Waals surface area contributed by atoms with Gasteiger partial charge in [-0.25, -0.2) is 10.8 Å². The highest BCUT2D eigenvalue weighted by molar-refractivity contribution is 14.1. The summed E-state index contributed by atoms with van der Waals surface area (Å²) in [4.78, 5) is 15.1. The van der Waals surface area contributed by atoms with Gasteiger partial charge in [0.25, 0.3) is 5.91 Å². The molecular weight excluding hydrogens is 384 g/mol. The molecule has 0 fully saturated rings. The van der Waals surface area contributed by atoms with E-state index >= 15 is 0 Å². The van der Waals surface area contributed by atoms with Crippen molar-refractivity contribution in [2.75, 3.05) is 0 Å². The number of nitrogen functional groups attached to an aromatic ring is 1. The molecule has 12 heavy (non-hydrogen) atoms. The molecule has 0 aliphatic carbocycles. The molecule has 0 saturated heterocycles. The Morgan fingerprint density at radius 2 is 2.25 bits per heavy atom. The minimum absolute atomic E-state index is 0.292. The summed E-state index contributed by atoms with van der Waals surface area (Å²) in [5.74, 6) is 4.71. The standard InChI is InChI=1S/C6H5I2N3O/c7-4-3(6(12)11-9)1-2-10-5(4)8/h1-2H,9H2,(H,11,12). The van der Waals surface area contributed by atoms with Crippen molar-refractivity contribution in [2.24, 2.45) is 5.84 Å². The van der Waals surface area contributed by atoms with Crippen LogP contribution in [-0.2, 0) is 0 Å². The molecular formula is C6H5I2N3O. The van der Waals surface area contributed by atoms with E-state index in [1.807, 2.05) is 0 Å². The molecule has 0 radical (unpaired) electrons. The van der Waals surface area contributed by atoms with E-state index in [9.17, 15) is 4.79 Å². The van der Waals surface area contributed by atoms with Crippen molar-refractivity contribution in [1.29, 1.82) is 0 Å². The second-order valence-corrected chi connectivity index (χ2v) is 4.04. The monoisotopic (exact) mass is 389 g/mol. The van der Waals surface area contributed by atoms with Gasteiger partial charge in [-0.05, 0) is 51.2 Å². The quantitative estimate of drug-likeness (QED) is 0.247. The number of nitrogens with zero attached hydrogens (tertiary/aromatic N) is 1. The Hall–Kier alpha value is 0.0400. The van der Waals surface area contributed by atoms with Crippen molar-refractivity contribution in [3.63, 3.8) is 0 Å². The topological polar surface area (TPSA) is 68.0 Å². The molecule has 1 aromatic heterocycles. The highest BCUT2D eigenvalue weighted by Gasteiger charge is 2.10. The van der Waals surface area contributed by atoms with E-state index in [1.165, 1.54) is 0 Å². The van der Waals surface area contributed by atoms with E-state index in [0.29, 0.717) is 5.56 Å². The predicted molar refractivity (Wildman–Crippen MR) is 61.3 cm³/mol. The summed E-state index contributed by atoms with van der Waals surface area (Å²) in [6.07, 6.45) is 1.58. The Morgan fingerprint density at radius 1 is 1.58 bits per heavy atom. The number of hydrogen-bond donors (Lipinski definition) is 2. The van der Waals surface area contributed by atoms with E-state index in [1.54, 1.807) is 12.3 Å². The number of carbonyl (C=O) groups excluding carboxylic acids is 1. The lowest BCUT2D eigenvalue weighted by atomic mass is 10.3. The van der Waals surface area contributed by atoms with Gasteiger partial charge in [0, 0.05) is 6.20 Å². The van der Waals surface area contributed by atoms with Gasteiger partial charge < -0.3 is 0 Å². The third-order valence-corrected chi connectivity index (χ3v) is 4.16. The first-order valence-electron chi connectivity index (χ1n) is 2.97. The number of aromatic nitrogens is 1. The van der Waals surface area contributed by atoms with Crippen LogP contribution in [0.5, 0.6) is 0 Å². The van der Waals surface area contributed by atoms with Crippen LogP contribution in [0.4, 0.5) is 0 Å². The molecule has 6 heteroatoms. The van der Waals surface area contributed by atoms with E-state index in [2.05, 4.69) is 55.6 Å². The third-order valence-electron chi connectivity index (χ3n) is 1.22. The Bertz CT molecular complexity index is 316. The zero-order valence-corrected chi connectivity index (χ0v) is 10.2. The second kappa shape index (κ2) is 4.33. The van der Waals surface area contributed by atoms with E-state index < -0.39 is 0 Å². The Balaban J connectivity index is 3.16. The number of nitrogens with one attached hydrogen (secondary N) is 1. The Kier molecular flexibility index (Phi) is 3.65. The van der Waals surface area contributed by atoms with Crippen LogP contribution in [0.15, 0.2) is 12.3 Å². The molecule has 0 aromatic carbocycles. The normalized spacial score (nSPS) is 9.58. The first-order valence-corrected chi connectivity index (χ1v) is 5.13. The van der Waals surface area contributed by atoms with Crippen LogP contribution < -0.4 is 11.3 Å². The van der Waals surface area contributed by atoms with Gasteiger partial charge in [-0.3, -0.25) is 10.2 Å². The lowest BCUT2D eigenvalue weighted by molar-refractivity contribution is 0.0952. The largest absolute Gasteiger partial charge is 0.290 e. The van der Waals surface area contributed by atoms with Crippen LogP contribution >= 0.6 is 45.2 Å². The molecule has 3 N–H and O–H groups in total. The van der Waals surface area contributed by atoms with Gasteiger partial charge >= 0.3 is 0 Å². The molecule has 1 aromatic rings. The average molecular weight is 389 g/mol. The highest BCUT2D eigenvalue weighted by Crippen LogP contribution is 2.16. The number of amides is 1. The molecule has 0 unspecified atom stereocenters. The minimum Gasteiger partial charge on any atom is -0.290 e. The summed E-state index contributed by atoms with van der Waals surface area (Å²) in [5, 5.41) is 0. The van der Waals surface area contributed by atoms with Crippen molar-refractivity contribution in [2.45, 2.75) is 0 Å². The maximum absolute atomic E-state index is 11.1. The van der Waals surface area contributed by atoms with Gasteiger partial charge in [-0.15, -0.1) is 0 Å². The number of hydrogen-bond acceptors (Lipinski definition) is 3. The summed E-state index contributed by atoms with van der Waals surface area (Å²) in [6, 6.07) is 1.63.